The first-order chi connectivity index (χ1) is 8.01. The van der Waals surface area contributed by atoms with E-state index in [1.54, 1.807) is 12.1 Å². The predicted octanol–water partition coefficient (Wildman–Crippen LogP) is 3.10. The third kappa shape index (κ3) is 5.76. The Balaban J connectivity index is 2.25. The van der Waals surface area contributed by atoms with E-state index in [0.29, 0.717) is 24.3 Å². The van der Waals surface area contributed by atoms with Gasteiger partial charge in [-0.1, -0.05) is 0 Å². The van der Waals surface area contributed by atoms with Crippen molar-refractivity contribution < 1.29 is 13.2 Å². The quantitative estimate of drug-likeness (QED) is 0.808. The SMILES string of the molecule is N#Cc1ccnc(NCCCCC(F)(F)F)c1. The van der Waals surface area contributed by atoms with Crippen molar-refractivity contribution >= 4 is 5.82 Å². The van der Waals surface area contributed by atoms with Gasteiger partial charge < -0.3 is 5.32 Å². The molecule has 1 aromatic rings. The van der Waals surface area contributed by atoms with E-state index in [-0.39, 0.29) is 6.42 Å². The average Bonchev–Trinajstić information content (AvgIpc) is 2.27. The number of hydrogen-bond acceptors (Lipinski definition) is 3. The van der Waals surface area contributed by atoms with E-state index in [0.717, 1.165) is 0 Å². The highest BCUT2D eigenvalue weighted by Gasteiger charge is 2.25. The lowest BCUT2D eigenvalue weighted by molar-refractivity contribution is -0.135. The fourth-order valence-electron chi connectivity index (χ4n) is 1.26. The summed E-state index contributed by atoms with van der Waals surface area (Å²) in [7, 11) is 0. The first-order valence-corrected chi connectivity index (χ1v) is 5.18. The van der Waals surface area contributed by atoms with E-state index < -0.39 is 12.6 Å². The van der Waals surface area contributed by atoms with E-state index in [1.807, 2.05) is 6.07 Å². The summed E-state index contributed by atoms with van der Waals surface area (Å²) in [5, 5.41) is 11.5. The third-order valence-electron chi connectivity index (χ3n) is 2.08. The Morgan fingerprint density at radius 2 is 2.12 bits per heavy atom. The van der Waals surface area contributed by atoms with Crippen molar-refractivity contribution in [3.8, 4) is 6.07 Å². The topological polar surface area (TPSA) is 48.7 Å². The summed E-state index contributed by atoms with van der Waals surface area (Å²) < 4.78 is 35.5. The zero-order chi connectivity index (χ0) is 12.7. The van der Waals surface area contributed by atoms with Crippen LogP contribution in [0, 0.1) is 11.3 Å². The van der Waals surface area contributed by atoms with Gasteiger partial charge in [-0.05, 0) is 25.0 Å². The van der Waals surface area contributed by atoms with Crippen molar-refractivity contribution in [3.63, 3.8) is 0 Å². The number of halogens is 3. The summed E-state index contributed by atoms with van der Waals surface area (Å²) in [4.78, 5) is 3.95. The van der Waals surface area contributed by atoms with Crippen LogP contribution in [-0.4, -0.2) is 17.7 Å². The highest BCUT2D eigenvalue weighted by molar-refractivity contribution is 5.42. The smallest absolute Gasteiger partial charge is 0.370 e. The van der Waals surface area contributed by atoms with Crippen LogP contribution in [0.3, 0.4) is 0 Å². The van der Waals surface area contributed by atoms with E-state index in [2.05, 4.69) is 10.3 Å². The van der Waals surface area contributed by atoms with Gasteiger partial charge in [0.15, 0.2) is 0 Å². The van der Waals surface area contributed by atoms with Crippen molar-refractivity contribution in [2.75, 3.05) is 11.9 Å². The molecule has 0 radical (unpaired) electrons. The number of nitrogens with one attached hydrogen (secondary N) is 1. The molecule has 1 heterocycles. The van der Waals surface area contributed by atoms with Crippen LogP contribution in [0.1, 0.15) is 24.8 Å². The number of anilines is 1. The van der Waals surface area contributed by atoms with E-state index in [9.17, 15) is 13.2 Å². The number of rotatable bonds is 5. The molecular formula is C11H12F3N3. The zero-order valence-corrected chi connectivity index (χ0v) is 9.09. The summed E-state index contributed by atoms with van der Waals surface area (Å²) in [6, 6.07) is 5.08. The van der Waals surface area contributed by atoms with Gasteiger partial charge in [-0.25, -0.2) is 4.98 Å². The average molecular weight is 243 g/mol. The molecule has 0 aliphatic carbocycles. The van der Waals surface area contributed by atoms with Crippen molar-refractivity contribution in [2.45, 2.75) is 25.4 Å². The highest BCUT2D eigenvalue weighted by Crippen LogP contribution is 2.22. The molecule has 0 aliphatic rings. The van der Waals surface area contributed by atoms with Gasteiger partial charge >= 0.3 is 6.18 Å². The Labute approximate surface area is 97.3 Å². The van der Waals surface area contributed by atoms with Gasteiger partial charge in [-0.15, -0.1) is 0 Å². The minimum Gasteiger partial charge on any atom is -0.370 e. The van der Waals surface area contributed by atoms with Crippen molar-refractivity contribution in [1.82, 2.24) is 4.98 Å². The lowest BCUT2D eigenvalue weighted by Gasteiger charge is -2.07. The van der Waals surface area contributed by atoms with Crippen LogP contribution < -0.4 is 5.32 Å². The summed E-state index contributed by atoms with van der Waals surface area (Å²) in [5.74, 6) is 0.510. The summed E-state index contributed by atoms with van der Waals surface area (Å²) in [6.07, 6.45) is -2.86. The summed E-state index contributed by atoms with van der Waals surface area (Å²) in [6.45, 7) is 0.415. The Morgan fingerprint density at radius 1 is 1.35 bits per heavy atom. The van der Waals surface area contributed by atoms with E-state index >= 15 is 0 Å². The van der Waals surface area contributed by atoms with Gasteiger partial charge in [0.2, 0.25) is 0 Å². The van der Waals surface area contributed by atoms with Crippen LogP contribution in [0.15, 0.2) is 18.3 Å². The van der Waals surface area contributed by atoms with Crippen LogP contribution in [-0.2, 0) is 0 Å². The standard InChI is InChI=1S/C11H12F3N3/c12-11(13,14)4-1-2-5-16-10-7-9(8-15)3-6-17-10/h3,6-7H,1-2,4-5H2,(H,16,17). The number of unbranched alkanes of at least 4 members (excludes halogenated alkanes) is 1. The molecule has 3 nitrogen and oxygen atoms in total. The number of nitriles is 1. The maximum atomic E-state index is 11.8. The van der Waals surface area contributed by atoms with Gasteiger partial charge in [0, 0.05) is 19.2 Å². The predicted molar refractivity (Wildman–Crippen MR) is 57.3 cm³/mol. The molecule has 0 saturated heterocycles. The molecule has 92 valence electrons. The second-order valence-electron chi connectivity index (χ2n) is 3.54. The molecular weight excluding hydrogens is 231 g/mol. The summed E-state index contributed by atoms with van der Waals surface area (Å²) >= 11 is 0. The van der Waals surface area contributed by atoms with E-state index in [1.165, 1.54) is 6.20 Å². The van der Waals surface area contributed by atoms with Gasteiger partial charge in [-0.3, -0.25) is 0 Å². The number of nitrogens with zero attached hydrogens (tertiary/aromatic N) is 2. The second-order valence-corrected chi connectivity index (χ2v) is 3.54. The highest BCUT2D eigenvalue weighted by atomic mass is 19.4. The molecule has 1 N–H and O–H groups in total. The molecule has 0 unspecified atom stereocenters. The van der Waals surface area contributed by atoms with Crippen LogP contribution in [0.5, 0.6) is 0 Å². The maximum Gasteiger partial charge on any atom is 0.389 e. The minimum absolute atomic E-state index is 0.0917. The Kier molecular flexibility index (Phi) is 4.76. The number of hydrogen-bond donors (Lipinski definition) is 1. The first-order valence-electron chi connectivity index (χ1n) is 5.18. The normalized spacial score (nSPS) is 10.9. The molecule has 1 rings (SSSR count). The van der Waals surface area contributed by atoms with Crippen LogP contribution in [0.4, 0.5) is 19.0 Å². The number of alkyl halides is 3. The molecule has 17 heavy (non-hydrogen) atoms. The molecule has 0 aromatic carbocycles. The molecule has 1 aromatic heterocycles. The molecule has 0 atom stereocenters. The number of aromatic nitrogens is 1. The van der Waals surface area contributed by atoms with Gasteiger partial charge in [0.05, 0.1) is 11.6 Å². The lowest BCUT2D eigenvalue weighted by atomic mass is 10.2. The van der Waals surface area contributed by atoms with Gasteiger partial charge in [0.25, 0.3) is 0 Å². The zero-order valence-electron chi connectivity index (χ0n) is 9.09. The third-order valence-corrected chi connectivity index (χ3v) is 2.08. The fraction of sp³-hybridized carbons (Fsp3) is 0.455. The lowest BCUT2D eigenvalue weighted by Crippen LogP contribution is -2.09. The molecule has 0 aliphatic heterocycles. The second kappa shape index (κ2) is 6.09. The first kappa shape index (κ1) is 13.3. The van der Waals surface area contributed by atoms with E-state index in [4.69, 9.17) is 5.26 Å². The largest absolute Gasteiger partial charge is 0.389 e. The molecule has 0 bridgehead atoms. The summed E-state index contributed by atoms with van der Waals surface area (Å²) in [5.41, 5.74) is 0.470. The van der Waals surface area contributed by atoms with Crippen molar-refractivity contribution in [3.05, 3.63) is 23.9 Å². The fourth-order valence-corrected chi connectivity index (χ4v) is 1.26. The van der Waals surface area contributed by atoms with Gasteiger partial charge in [-0.2, -0.15) is 18.4 Å². The number of pyridine rings is 1. The van der Waals surface area contributed by atoms with Crippen molar-refractivity contribution in [1.29, 1.82) is 5.26 Å². The Morgan fingerprint density at radius 3 is 2.76 bits per heavy atom. The monoisotopic (exact) mass is 243 g/mol. The molecule has 0 amide bonds. The molecule has 6 heteroatoms. The minimum atomic E-state index is -4.08. The Bertz CT molecular complexity index is 396. The van der Waals surface area contributed by atoms with Crippen LogP contribution in [0.2, 0.25) is 0 Å². The van der Waals surface area contributed by atoms with Crippen LogP contribution >= 0.6 is 0 Å². The molecule has 0 saturated carbocycles. The Hall–Kier alpha value is -1.77. The van der Waals surface area contributed by atoms with Gasteiger partial charge in [0.1, 0.15) is 5.82 Å². The maximum absolute atomic E-state index is 11.8. The molecule has 0 spiro atoms. The van der Waals surface area contributed by atoms with Crippen molar-refractivity contribution in [2.24, 2.45) is 0 Å². The van der Waals surface area contributed by atoms with Crippen LogP contribution in [0.25, 0.3) is 0 Å². The molecule has 0 fully saturated rings.